The number of hydrogen-bond donors (Lipinski definition) is 0. The third kappa shape index (κ3) is 3.25. The normalized spacial score (nSPS) is 24.4. The van der Waals surface area contributed by atoms with Crippen LogP contribution >= 0.6 is 0 Å². The van der Waals surface area contributed by atoms with Gasteiger partial charge in [0.2, 0.25) is 5.88 Å². The van der Waals surface area contributed by atoms with Crippen LogP contribution in [0.15, 0.2) is 12.3 Å². The average molecular weight is 265 g/mol. The second-order valence-electron chi connectivity index (χ2n) is 6.13. The number of hydrogen-bond acceptors (Lipinski definition) is 4. The van der Waals surface area contributed by atoms with Gasteiger partial charge in [-0.05, 0) is 52.7 Å². The fourth-order valence-electron chi connectivity index (χ4n) is 2.28. The van der Waals surface area contributed by atoms with E-state index in [1.54, 1.807) is 0 Å². The molecule has 1 aliphatic rings. The molecule has 0 radical (unpaired) electrons. The number of rotatable bonds is 3. The van der Waals surface area contributed by atoms with Gasteiger partial charge in [0.1, 0.15) is 12.7 Å². The van der Waals surface area contributed by atoms with Crippen LogP contribution in [0.4, 0.5) is 0 Å². The van der Waals surface area contributed by atoms with Crippen molar-refractivity contribution < 1.29 is 14.2 Å². The number of nitrogens with zero attached hydrogens (tertiary/aromatic N) is 1. The molecule has 1 aromatic heterocycles. The van der Waals surface area contributed by atoms with Crippen molar-refractivity contribution in [2.24, 2.45) is 0 Å². The molecule has 0 amide bonds. The van der Waals surface area contributed by atoms with Crippen LogP contribution in [0.25, 0.3) is 0 Å². The standard InChI is InChI=1S/C15H23NO3/c1-10-7-13(16-8-11(10)2)17-9-12-14(3,4)19-15(5,6)18-12/h7-8,12H,9H2,1-6H3. The molecule has 0 aliphatic carbocycles. The molecule has 4 nitrogen and oxygen atoms in total. The largest absolute Gasteiger partial charge is 0.475 e. The van der Waals surface area contributed by atoms with Crippen molar-refractivity contribution in [3.8, 4) is 5.88 Å². The Balaban J connectivity index is 2.01. The van der Waals surface area contributed by atoms with Crippen molar-refractivity contribution in [1.82, 2.24) is 4.98 Å². The number of pyridine rings is 1. The Morgan fingerprint density at radius 3 is 2.42 bits per heavy atom. The molecule has 0 aromatic carbocycles. The topological polar surface area (TPSA) is 40.6 Å². The molecule has 0 spiro atoms. The maximum Gasteiger partial charge on any atom is 0.213 e. The van der Waals surface area contributed by atoms with Gasteiger partial charge in [0.25, 0.3) is 0 Å². The molecular weight excluding hydrogens is 242 g/mol. The number of aryl methyl sites for hydroxylation is 2. The van der Waals surface area contributed by atoms with Gasteiger partial charge in [0, 0.05) is 12.3 Å². The lowest BCUT2D eigenvalue weighted by atomic mass is 10.0. The van der Waals surface area contributed by atoms with Crippen LogP contribution < -0.4 is 4.74 Å². The average Bonchev–Trinajstić information content (AvgIpc) is 2.48. The van der Waals surface area contributed by atoms with Crippen LogP contribution in [0, 0.1) is 13.8 Å². The van der Waals surface area contributed by atoms with Crippen LogP contribution in [-0.2, 0) is 9.47 Å². The fraction of sp³-hybridized carbons (Fsp3) is 0.667. The maximum absolute atomic E-state index is 5.86. The first-order valence-corrected chi connectivity index (χ1v) is 6.64. The van der Waals surface area contributed by atoms with Crippen molar-refractivity contribution >= 4 is 0 Å². The summed E-state index contributed by atoms with van der Waals surface area (Å²) in [6.07, 6.45) is 1.72. The Hall–Kier alpha value is -1.13. The molecule has 19 heavy (non-hydrogen) atoms. The van der Waals surface area contributed by atoms with E-state index in [2.05, 4.69) is 4.98 Å². The first kappa shape index (κ1) is 14.3. The fourth-order valence-corrected chi connectivity index (χ4v) is 2.28. The third-order valence-corrected chi connectivity index (χ3v) is 3.44. The molecule has 4 heteroatoms. The first-order chi connectivity index (χ1) is 8.70. The summed E-state index contributed by atoms with van der Waals surface area (Å²) >= 11 is 0. The van der Waals surface area contributed by atoms with Crippen molar-refractivity contribution in [3.05, 3.63) is 23.4 Å². The van der Waals surface area contributed by atoms with Crippen LogP contribution in [0.1, 0.15) is 38.8 Å². The van der Waals surface area contributed by atoms with E-state index in [1.807, 2.05) is 53.8 Å². The zero-order valence-electron chi connectivity index (χ0n) is 12.6. The van der Waals surface area contributed by atoms with Crippen molar-refractivity contribution in [2.45, 2.75) is 59.0 Å². The third-order valence-electron chi connectivity index (χ3n) is 3.44. The molecule has 1 unspecified atom stereocenters. The van der Waals surface area contributed by atoms with Crippen LogP contribution in [0.2, 0.25) is 0 Å². The van der Waals surface area contributed by atoms with E-state index in [0.717, 1.165) is 5.56 Å². The lowest BCUT2D eigenvalue weighted by Gasteiger charge is -2.23. The molecule has 1 aromatic rings. The first-order valence-electron chi connectivity index (χ1n) is 6.64. The molecule has 0 bridgehead atoms. The molecule has 2 rings (SSSR count). The summed E-state index contributed by atoms with van der Waals surface area (Å²) in [6.45, 7) is 12.4. The Labute approximate surface area is 115 Å². The van der Waals surface area contributed by atoms with Gasteiger partial charge >= 0.3 is 0 Å². The van der Waals surface area contributed by atoms with Gasteiger partial charge in [-0.15, -0.1) is 0 Å². The molecule has 1 atom stereocenters. The van der Waals surface area contributed by atoms with Crippen LogP contribution in [0.5, 0.6) is 5.88 Å². The minimum atomic E-state index is -0.561. The zero-order valence-corrected chi connectivity index (χ0v) is 12.6. The van der Waals surface area contributed by atoms with E-state index < -0.39 is 5.79 Å². The van der Waals surface area contributed by atoms with E-state index in [0.29, 0.717) is 12.5 Å². The summed E-state index contributed by atoms with van der Waals surface area (Å²) in [5.74, 6) is 0.0703. The summed E-state index contributed by atoms with van der Waals surface area (Å²) in [5.41, 5.74) is 1.98. The lowest BCUT2D eigenvalue weighted by molar-refractivity contribution is -0.158. The second kappa shape index (κ2) is 4.76. The summed E-state index contributed by atoms with van der Waals surface area (Å²) in [5, 5.41) is 0. The Bertz CT molecular complexity index is 468. The van der Waals surface area contributed by atoms with E-state index in [-0.39, 0.29) is 11.7 Å². The predicted molar refractivity (Wildman–Crippen MR) is 73.3 cm³/mol. The highest BCUT2D eigenvalue weighted by Gasteiger charge is 2.47. The molecule has 1 aliphatic heterocycles. The molecule has 0 N–H and O–H groups in total. The summed E-state index contributed by atoms with van der Waals surface area (Å²) in [6, 6.07) is 1.95. The highest BCUT2D eigenvalue weighted by molar-refractivity contribution is 5.26. The van der Waals surface area contributed by atoms with Crippen molar-refractivity contribution in [3.63, 3.8) is 0 Å². The highest BCUT2D eigenvalue weighted by Crippen LogP contribution is 2.36. The van der Waals surface area contributed by atoms with Gasteiger partial charge in [0.15, 0.2) is 5.79 Å². The van der Waals surface area contributed by atoms with E-state index in [4.69, 9.17) is 14.2 Å². The van der Waals surface area contributed by atoms with E-state index in [1.165, 1.54) is 5.56 Å². The highest BCUT2D eigenvalue weighted by atomic mass is 16.8. The molecule has 1 saturated heterocycles. The minimum absolute atomic E-state index is 0.106. The molecule has 2 heterocycles. The van der Waals surface area contributed by atoms with Gasteiger partial charge in [-0.2, -0.15) is 0 Å². The molecule has 0 saturated carbocycles. The molecule has 1 fully saturated rings. The quantitative estimate of drug-likeness (QED) is 0.842. The molecule has 106 valence electrons. The Morgan fingerprint density at radius 2 is 1.89 bits per heavy atom. The number of aromatic nitrogens is 1. The monoisotopic (exact) mass is 265 g/mol. The minimum Gasteiger partial charge on any atom is -0.475 e. The zero-order chi connectivity index (χ0) is 14.3. The molecular formula is C15H23NO3. The maximum atomic E-state index is 5.86. The summed E-state index contributed by atoms with van der Waals surface area (Å²) in [7, 11) is 0. The Morgan fingerprint density at radius 1 is 1.21 bits per heavy atom. The Kier molecular flexibility index (Phi) is 3.58. The van der Waals surface area contributed by atoms with Crippen molar-refractivity contribution in [2.75, 3.05) is 6.61 Å². The summed E-state index contributed by atoms with van der Waals surface area (Å²) < 4.78 is 17.5. The van der Waals surface area contributed by atoms with Gasteiger partial charge in [0.05, 0.1) is 5.60 Å². The lowest BCUT2D eigenvalue weighted by Crippen LogP contribution is -2.37. The smallest absolute Gasteiger partial charge is 0.213 e. The van der Waals surface area contributed by atoms with Gasteiger partial charge in [-0.1, -0.05) is 0 Å². The predicted octanol–water partition coefficient (Wildman–Crippen LogP) is 3.01. The van der Waals surface area contributed by atoms with Gasteiger partial charge < -0.3 is 14.2 Å². The van der Waals surface area contributed by atoms with E-state index in [9.17, 15) is 0 Å². The van der Waals surface area contributed by atoms with Crippen molar-refractivity contribution in [1.29, 1.82) is 0 Å². The van der Waals surface area contributed by atoms with E-state index >= 15 is 0 Å². The van der Waals surface area contributed by atoms with Gasteiger partial charge in [-0.3, -0.25) is 0 Å². The van der Waals surface area contributed by atoms with Crippen LogP contribution in [0.3, 0.4) is 0 Å². The SMILES string of the molecule is Cc1cnc(OCC2OC(C)(C)OC2(C)C)cc1C. The second-order valence-corrected chi connectivity index (χ2v) is 6.13. The van der Waals surface area contributed by atoms with Crippen LogP contribution in [-0.4, -0.2) is 29.1 Å². The summed E-state index contributed by atoms with van der Waals surface area (Å²) in [4.78, 5) is 4.27. The van der Waals surface area contributed by atoms with Gasteiger partial charge in [-0.25, -0.2) is 4.98 Å². The number of ether oxygens (including phenoxy) is 3.